The van der Waals surface area contributed by atoms with Gasteiger partial charge in [-0.1, -0.05) is 6.58 Å². The molecule has 2 aliphatic carbocycles. The summed E-state index contributed by atoms with van der Waals surface area (Å²) in [7, 11) is 0. The van der Waals surface area contributed by atoms with Gasteiger partial charge in [-0.05, 0) is 37.8 Å². The maximum absolute atomic E-state index is 9.25. The summed E-state index contributed by atoms with van der Waals surface area (Å²) in [5.41, 5.74) is 0. The van der Waals surface area contributed by atoms with Crippen molar-refractivity contribution in [2.45, 2.75) is 38.5 Å². The van der Waals surface area contributed by atoms with Crippen LogP contribution in [0.5, 0.6) is 0 Å². The predicted molar refractivity (Wildman–Crippen MR) is 73.6 cm³/mol. The second-order valence-electron chi connectivity index (χ2n) is 4.36. The van der Waals surface area contributed by atoms with Gasteiger partial charge in [-0.25, -0.2) is 4.79 Å². The van der Waals surface area contributed by atoms with E-state index < -0.39 is 5.97 Å². The lowest BCUT2D eigenvalue weighted by Crippen LogP contribution is -2.02. The van der Waals surface area contributed by atoms with Crippen LogP contribution in [0.3, 0.4) is 0 Å². The Balaban J connectivity index is 0.000000312. The van der Waals surface area contributed by atoms with E-state index in [-0.39, 0.29) is 0 Å². The molecule has 0 saturated heterocycles. The smallest absolute Gasteiger partial charge is 0.327 e. The third-order valence-corrected chi connectivity index (χ3v) is 2.83. The van der Waals surface area contributed by atoms with E-state index in [1.807, 2.05) is 0 Å². The van der Waals surface area contributed by atoms with Crippen molar-refractivity contribution >= 4 is 5.97 Å². The third kappa shape index (κ3) is 7.34. The minimum Gasteiger partial charge on any atom is -0.495 e. The third-order valence-electron chi connectivity index (χ3n) is 2.83. The number of ether oxygens (including phenoxy) is 2. The Morgan fingerprint density at radius 3 is 1.84 bits per heavy atom. The number of carbonyl (C=O) groups is 1. The molecule has 0 spiro atoms. The summed E-state index contributed by atoms with van der Waals surface area (Å²) >= 11 is 0. The molecule has 0 radical (unpaired) electrons. The van der Waals surface area contributed by atoms with Crippen molar-refractivity contribution in [2.24, 2.45) is 0 Å². The van der Waals surface area contributed by atoms with Gasteiger partial charge < -0.3 is 14.6 Å². The number of carboxylic acids is 1. The first-order valence-electron chi connectivity index (χ1n) is 6.71. The molecule has 0 aromatic rings. The molecule has 106 valence electrons. The van der Waals surface area contributed by atoms with Gasteiger partial charge in [0.05, 0.1) is 11.5 Å². The summed E-state index contributed by atoms with van der Waals surface area (Å²) in [6, 6.07) is 0. The van der Waals surface area contributed by atoms with E-state index >= 15 is 0 Å². The Hall–Kier alpha value is -1.71. The fourth-order valence-electron chi connectivity index (χ4n) is 1.89. The zero-order valence-corrected chi connectivity index (χ0v) is 11.3. The van der Waals surface area contributed by atoms with E-state index in [0.717, 1.165) is 30.4 Å². The maximum atomic E-state index is 9.25. The maximum Gasteiger partial charge on any atom is 0.327 e. The summed E-state index contributed by atoms with van der Waals surface area (Å²) in [4.78, 5) is 9.25. The lowest BCUT2D eigenvalue weighted by Gasteiger charge is -2.09. The van der Waals surface area contributed by atoms with Crippen LogP contribution in [0.15, 0.2) is 36.3 Å². The van der Waals surface area contributed by atoms with Crippen molar-refractivity contribution in [3.63, 3.8) is 0 Å². The Kier molecular flexibility index (Phi) is 7.47. The van der Waals surface area contributed by atoms with Gasteiger partial charge in [-0.3, -0.25) is 0 Å². The second-order valence-corrected chi connectivity index (χ2v) is 4.36. The molecule has 0 amide bonds. The molecule has 0 fully saturated rings. The Labute approximate surface area is 114 Å². The van der Waals surface area contributed by atoms with Crippen molar-refractivity contribution in [1.29, 1.82) is 0 Å². The fraction of sp³-hybridized carbons (Fsp3) is 0.533. The number of rotatable bonds is 6. The Bertz CT molecular complexity index is 329. The van der Waals surface area contributed by atoms with Gasteiger partial charge in [0.1, 0.15) is 13.2 Å². The highest BCUT2D eigenvalue weighted by Gasteiger charge is 2.07. The second kappa shape index (κ2) is 9.25. The van der Waals surface area contributed by atoms with Crippen molar-refractivity contribution in [3.8, 4) is 0 Å². The SMILES string of the molecule is C1=C(OCCOC2=CCCC2)CCC1.C=CC(=O)O. The average Bonchev–Trinajstić information content (AvgIpc) is 3.08. The van der Waals surface area contributed by atoms with E-state index in [0.29, 0.717) is 13.2 Å². The van der Waals surface area contributed by atoms with E-state index in [4.69, 9.17) is 14.6 Å². The predicted octanol–water partition coefficient (Wildman–Crippen LogP) is 3.41. The monoisotopic (exact) mass is 266 g/mol. The van der Waals surface area contributed by atoms with Crippen LogP contribution in [-0.2, 0) is 14.3 Å². The summed E-state index contributed by atoms with van der Waals surface area (Å²) < 4.78 is 11.1. The molecule has 0 aromatic carbocycles. The minimum atomic E-state index is -0.981. The van der Waals surface area contributed by atoms with Crippen LogP contribution in [-0.4, -0.2) is 24.3 Å². The van der Waals surface area contributed by atoms with Gasteiger partial charge in [-0.15, -0.1) is 0 Å². The van der Waals surface area contributed by atoms with E-state index in [9.17, 15) is 4.79 Å². The molecule has 0 unspecified atom stereocenters. The first kappa shape index (κ1) is 15.3. The van der Waals surface area contributed by atoms with Crippen LogP contribution >= 0.6 is 0 Å². The summed E-state index contributed by atoms with van der Waals surface area (Å²) in [6.07, 6.45) is 12.3. The van der Waals surface area contributed by atoms with E-state index in [1.165, 1.54) is 25.7 Å². The van der Waals surface area contributed by atoms with E-state index in [1.54, 1.807) is 0 Å². The van der Waals surface area contributed by atoms with Gasteiger partial charge >= 0.3 is 5.97 Å². The van der Waals surface area contributed by atoms with E-state index in [2.05, 4.69) is 18.7 Å². The van der Waals surface area contributed by atoms with Crippen LogP contribution in [0.2, 0.25) is 0 Å². The molecule has 2 rings (SSSR count). The summed E-state index contributed by atoms with van der Waals surface area (Å²) in [5, 5.41) is 7.60. The van der Waals surface area contributed by atoms with Crippen molar-refractivity contribution in [1.82, 2.24) is 0 Å². The molecule has 1 N–H and O–H groups in total. The first-order valence-corrected chi connectivity index (χ1v) is 6.71. The summed E-state index contributed by atoms with van der Waals surface area (Å²) in [6.45, 7) is 4.36. The van der Waals surface area contributed by atoms with Crippen LogP contribution in [0, 0.1) is 0 Å². The lowest BCUT2D eigenvalue weighted by atomic mass is 10.4. The first-order chi connectivity index (χ1) is 9.22. The number of hydrogen-bond donors (Lipinski definition) is 1. The van der Waals surface area contributed by atoms with Gasteiger partial charge in [-0.2, -0.15) is 0 Å². The molecular weight excluding hydrogens is 244 g/mol. The van der Waals surface area contributed by atoms with Gasteiger partial charge in [0.15, 0.2) is 0 Å². The number of aliphatic carboxylic acids is 1. The van der Waals surface area contributed by atoms with Crippen molar-refractivity contribution in [3.05, 3.63) is 36.3 Å². The molecule has 0 aliphatic heterocycles. The summed E-state index contributed by atoms with van der Waals surface area (Å²) in [5.74, 6) is 1.34. The molecule has 0 atom stereocenters. The van der Waals surface area contributed by atoms with Crippen LogP contribution in [0.4, 0.5) is 0 Å². The lowest BCUT2D eigenvalue weighted by molar-refractivity contribution is -0.131. The van der Waals surface area contributed by atoms with Crippen LogP contribution in [0.1, 0.15) is 38.5 Å². The molecule has 4 heteroatoms. The topological polar surface area (TPSA) is 55.8 Å². The number of allylic oxidation sites excluding steroid dienone is 4. The molecule has 4 nitrogen and oxygen atoms in total. The molecule has 0 heterocycles. The molecule has 0 bridgehead atoms. The van der Waals surface area contributed by atoms with Gasteiger partial charge in [0.2, 0.25) is 0 Å². The minimum absolute atomic E-state index is 0.698. The highest BCUT2D eigenvalue weighted by Crippen LogP contribution is 2.20. The normalized spacial score (nSPS) is 16.8. The molecular formula is C15H22O4. The Morgan fingerprint density at radius 2 is 1.58 bits per heavy atom. The standard InChI is InChI=1S/C12H18O2.C3H4O2/c1-2-6-11(5-1)13-9-10-14-12-7-3-4-8-12;1-2-3(4)5/h5,7H,1-4,6,8-10H2;2H,1H2,(H,4,5). The average molecular weight is 266 g/mol. The van der Waals surface area contributed by atoms with Crippen LogP contribution in [0.25, 0.3) is 0 Å². The number of hydrogen-bond acceptors (Lipinski definition) is 3. The quantitative estimate of drug-likeness (QED) is 0.591. The largest absolute Gasteiger partial charge is 0.495 e. The van der Waals surface area contributed by atoms with Crippen molar-refractivity contribution in [2.75, 3.05) is 13.2 Å². The Morgan fingerprint density at radius 1 is 1.16 bits per heavy atom. The highest BCUT2D eigenvalue weighted by atomic mass is 16.5. The molecule has 0 aromatic heterocycles. The molecule has 0 saturated carbocycles. The fourth-order valence-corrected chi connectivity index (χ4v) is 1.89. The number of carboxylic acid groups (broad SMARTS) is 1. The van der Waals surface area contributed by atoms with Crippen LogP contribution < -0.4 is 0 Å². The molecule has 19 heavy (non-hydrogen) atoms. The zero-order valence-electron chi connectivity index (χ0n) is 11.3. The molecule has 2 aliphatic rings. The zero-order chi connectivity index (χ0) is 13.9. The van der Waals surface area contributed by atoms with Crippen molar-refractivity contribution < 1.29 is 19.4 Å². The van der Waals surface area contributed by atoms with Gasteiger partial charge in [0.25, 0.3) is 0 Å². The van der Waals surface area contributed by atoms with Gasteiger partial charge in [0, 0.05) is 18.9 Å². The highest BCUT2D eigenvalue weighted by molar-refractivity contribution is 5.78.